The summed E-state index contributed by atoms with van der Waals surface area (Å²) in [4.78, 5) is 10.9. The van der Waals surface area contributed by atoms with Crippen molar-refractivity contribution in [2.75, 3.05) is 0 Å². The molecule has 2 N–H and O–H groups in total. The largest absolute Gasteiger partial charge is 0.507 e. The molecule has 0 bridgehead atoms. The number of carboxylic acid groups (broad SMARTS) is 1. The Kier molecular flexibility index (Phi) is 3.35. The molecule has 15 heavy (non-hydrogen) atoms. The summed E-state index contributed by atoms with van der Waals surface area (Å²) in [6.45, 7) is 5.75. The van der Waals surface area contributed by atoms with Crippen LogP contribution >= 0.6 is 0 Å². The van der Waals surface area contributed by atoms with Crippen LogP contribution in [0.15, 0.2) is 12.1 Å². The van der Waals surface area contributed by atoms with E-state index < -0.39 is 5.97 Å². The van der Waals surface area contributed by atoms with E-state index in [0.717, 1.165) is 0 Å². The van der Waals surface area contributed by atoms with Gasteiger partial charge in [0.2, 0.25) is 0 Å². The molecule has 0 atom stereocenters. The van der Waals surface area contributed by atoms with Crippen LogP contribution in [0.3, 0.4) is 0 Å². The number of aromatic hydroxyl groups is 1. The lowest BCUT2D eigenvalue weighted by molar-refractivity contribution is 0.0696. The average Bonchev–Trinajstić information content (AvgIpc) is 2.17. The number of carboxylic acids is 1. The second-order valence-electron chi connectivity index (χ2n) is 3.89. The first-order valence-electron chi connectivity index (χ1n) is 5.06. The Bertz CT molecular complexity index is 381. The second-order valence-corrected chi connectivity index (χ2v) is 3.89. The Morgan fingerprint density at radius 2 is 2.00 bits per heavy atom. The summed E-state index contributed by atoms with van der Waals surface area (Å²) in [5.41, 5.74) is 1.64. The van der Waals surface area contributed by atoms with E-state index in [1.165, 1.54) is 6.07 Å². The van der Waals surface area contributed by atoms with Crippen molar-refractivity contribution in [1.29, 1.82) is 0 Å². The zero-order valence-electron chi connectivity index (χ0n) is 9.24. The highest BCUT2D eigenvalue weighted by molar-refractivity contribution is 5.88. The van der Waals surface area contributed by atoms with E-state index in [-0.39, 0.29) is 17.2 Å². The van der Waals surface area contributed by atoms with Gasteiger partial charge in [0.1, 0.15) is 5.75 Å². The van der Waals surface area contributed by atoms with Crippen LogP contribution in [0.4, 0.5) is 0 Å². The Balaban J connectivity index is 3.38. The summed E-state index contributed by atoms with van der Waals surface area (Å²) in [5.74, 6) is -0.598. The number of phenolic OH excluding ortho intramolecular Hbond substituents is 1. The smallest absolute Gasteiger partial charge is 0.335 e. The van der Waals surface area contributed by atoms with Gasteiger partial charge in [-0.25, -0.2) is 4.79 Å². The molecule has 1 aromatic carbocycles. The molecule has 3 nitrogen and oxygen atoms in total. The van der Waals surface area contributed by atoms with Crippen molar-refractivity contribution in [3.8, 4) is 5.75 Å². The molecule has 0 saturated heterocycles. The first kappa shape index (κ1) is 11.6. The van der Waals surface area contributed by atoms with Crippen molar-refractivity contribution in [1.82, 2.24) is 0 Å². The highest BCUT2D eigenvalue weighted by Crippen LogP contribution is 2.30. The fraction of sp³-hybridized carbons (Fsp3) is 0.417. The van der Waals surface area contributed by atoms with Gasteiger partial charge < -0.3 is 10.2 Å². The quantitative estimate of drug-likeness (QED) is 0.803. The molecular weight excluding hydrogens is 192 g/mol. The van der Waals surface area contributed by atoms with Crippen LogP contribution in [-0.2, 0) is 6.42 Å². The lowest BCUT2D eigenvalue weighted by Crippen LogP contribution is -2.01. The van der Waals surface area contributed by atoms with Gasteiger partial charge in [-0.1, -0.05) is 20.8 Å². The van der Waals surface area contributed by atoms with Gasteiger partial charge in [-0.2, -0.15) is 0 Å². The van der Waals surface area contributed by atoms with E-state index in [1.54, 1.807) is 6.07 Å². The van der Waals surface area contributed by atoms with Gasteiger partial charge in [0.15, 0.2) is 0 Å². The van der Waals surface area contributed by atoms with Crippen molar-refractivity contribution in [3.05, 3.63) is 28.8 Å². The number of carbonyl (C=O) groups is 1. The van der Waals surface area contributed by atoms with Crippen LogP contribution < -0.4 is 0 Å². The molecule has 1 rings (SSSR count). The molecule has 0 fully saturated rings. The highest BCUT2D eigenvalue weighted by Gasteiger charge is 2.14. The standard InChI is InChI=1S/C12H16O3/c1-4-8-5-9(12(14)15)6-10(7(2)3)11(8)13/h5-7,13H,4H2,1-3H3,(H,14,15). The minimum Gasteiger partial charge on any atom is -0.507 e. The Morgan fingerprint density at radius 1 is 1.40 bits per heavy atom. The molecule has 0 saturated carbocycles. The topological polar surface area (TPSA) is 57.5 Å². The SMILES string of the molecule is CCc1cc(C(=O)O)cc(C(C)C)c1O. The molecule has 0 aromatic heterocycles. The molecule has 0 radical (unpaired) electrons. The zero-order chi connectivity index (χ0) is 11.6. The van der Waals surface area contributed by atoms with Gasteiger partial charge in [-0.05, 0) is 35.6 Å². The fourth-order valence-electron chi connectivity index (χ4n) is 1.55. The third-order valence-corrected chi connectivity index (χ3v) is 2.47. The van der Waals surface area contributed by atoms with Crippen LogP contribution in [0.2, 0.25) is 0 Å². The van der Waals surface area contributed by atoms with Gasteiger partial charge in [-0.15, -0.1) is 0 Å². The molecule has 0 spiro atoms. The van der Waals surface area contributed by atoms with Gasteiger partial charge in [0, 0.05) is 0 Å². The van der Waals surface area contributed by atoms with Crippen molar-refractivity contribution in [3.63, 3.8) is 0 Å². The van der Waals surface area contributed by atoms with Crippen LogP contribution in [-0.4, -0.2) is 16.2 Å². The highest BCUT2D eigenvalue weighted by atomic mass is 16.4. The normalized spacial score (nSPS) is 10.7. The number of phenols is 1. The monoisotopic (exact) mass is 208 g/mol. The van der Waals surface area contributed by atoms with Gasteiger partial charge in [0.05, 0.1) is 5.56 Å². The predicted molar refractivity (Wildman–Crippen MR) is 58.5 cm³/mol. The Hall–Kier alpha value is -1.51. The van der Waals surface area contributed by atoms with Gasteiger partial charge in [-0.3, -0.25) is 0 Å². The van der Waals surface area contributed by atoms with Crippen LogP contribution in [0.1, 0.15) is 48.2 Å². The molecule has 0 aliphatic carbocycles. The minimum absolute atomic E-state index is 0.120. The van der Waals surface area contributed by atoms with Crippen molar-refractivity contribution in [2.45, 2.75) is 33.1 Å². The number of aryl methyl sites for hydroxylation is 1. The van der Waals surface area contributed by atoms with Crippen LogP contribution in [0, 0.1) is 0 Å². The molecule has 1 aromatic rings. The Labute approximate surface area is 89.4 Å². The van der Waals surface area contributed by atoms with E-state index in [1.807, 2.05) is 20.8 Å². The molecule has 3 heteroatoms. The van der Waals surface area contributed by atoms with E-state index in [0.29, 0.717) is 17.5 Å². The first-order valence-corrected chi connectivity index (χ1v) is 5.06. The molecule has 0 amide bonds. The maximum absolute atomic E-state index is 10.9. The van der Waals surface area contributed by atoms with Crippen molar-refractivity contribution >= 4 is 5.97 Å². The van der Waals surface area contributed by atoms with Crippen molar-refractivity contribution in [2.24, 2.45) is 0 Å². The average molecular weight is 208 g/mol. The van der Waals surface area contributed by atoms with E-state index in [2.05, 4.69) is 0 Å². The van der Waals surface area contributed by atoms with E-state index in [9.17, 15) is 9.90 Å². The number of benzene rings is 1. The van der Waals surface area contributed by atoms with Crippen LogP contribution in [0.5, 0.6) is 5.75 Å². The second kappa shape index (κ2) is 4.34. The fourth-order valence-corrected chi connectivity index (χ4v) is 1.55. The summed E-state index contributed by atoms with van der Waals surface area (Å²) in [7, 11) is 0. The Morgan fingerprint density at radius 3 is 2.40 bits per heavy atom. The third kappa shape index (κ3) is 2.29. The molecule has 0 heterocycles. The summed E-state index contributed by atoms with van der Waals surface area (Å²) in [6.07, 6.45) is 0.632. The number of rotatable bonds is 3. The zero-order valence-corrected chi connectivity index (χ0v) is 9.24. The molecule has 0 unspecified atom stereocenters. The van der Waals surface area contributed by atoms with E-state index >= 15 is 0 Å². The maximum atomic E-state index is 10.9. The summed E-state index contributed by atoms with van der Waals surface area (Å²) in [6, 6.07) is 3.07. The molecule has 0 aliphatic rings. The van der Waals surface area contributed by atoms with Crippen LogP contribution in [0.25, 0.3) is 0 Å². The lowest BCUT2D eigenvalue weighted by Gasteiger charge is -2.13. The summed E-state index contributed by atoms with van der Waals surface area (Å²) >= 11 is 0. The number of hydrogen-bond acceptors (Lipinski definition) is 2. The van der Waals surface area contributed by atoms with Gasteiger partial charge in [0.25, 0.3) is 0 Å². The molecular formula is C12H16O3. The minimum atomic E-state index is -0.952. The van der Waals surface area contributed by atoms with Crippen molar-refractivity contribution < 1.29 is 15.0 Å². The van der Waals surface area contributed by atoms with E-state index in [4.69, 9.17) is 5.11 Å². The predicted octanol–water partition coefficient (Wildman–Crippen LogP) is 2.78. The lowest BCUT2D eigenvalue weighted by atomic mass is 9.95. The maximum Gasteiger partial charge on any atom is 0.335 e. The summed E-state index contributed by atoms with van der Waals surface area (Å²) < 4.78 is 0. The third-order valence-electron chi connectivity index (χ3n) is 2.47. The molecule has 0 aliphatic heterocycles. The molecule has 82 valence electrons. The number of hydrogen-bond donors (Lipinski definition) is 2. The van der Waals surface area contributed by atoms with Gasteiger partial charge >= 0.3 is 5.97 Å². The summed E-state index contributed by atoms with van der Waals surface area (Å²) in [5, 5.41) is 18.8. The first-order chi connectivity index (χ1) is 6.97. The number of aromatic carboxylic acids is 1.